The number of ether oxygens (including phenoxy) is 1. The molecule has 2 fully saturated rings. The van der Waals surface area contributed by atoms with E-state index in [1.165, 1.54) is 11.3 Å². The van der Waals surface area contributed by atoms with Gasteiger partial charge in [0.05, 0.1) is 12.0 Å². The Bertz CT molecular complexity index is 947. The standard InChI is InChI=1S/C25H31N3O4S/c1-32-20-9-7-19(8-10-20)23(29)26-22(25(31)27-13-3-2-4-14-27)18-11-15-28(16-12-18)24(30)21-6-5-17-33-21/h5-10,17-18,22H,2-4,11-16H2,1H3,(H,26,29)/t22-/m1/s1. The first-order chi connectivity index (χ1) is 16.1. The Labute approximate surface area is 198 Å². The van der Waals surface area contributed by atoms with E-state index in [1.807, 2.05) is 27.3 Å². The van der Waals surface area contributed by atoms with Crippen molar-refractivity contribution in [1.82, 2.24) is 15.1 Å². The molecule has 1 atom stereocenters. The van der Waals surface area contributed by atoms with Crippen LogP contribution in [0, 0.1) is 5.92 Å². The Kier molecular flexibility index (Phi) is 7.65. The van der Waals surface area contributed by atoms with Crippen LogP contribution in [0.5, 0.6) is 5.75 Å². The van der Waals surface area contributed by atoms with Crippen LogP contribution in [0.15, 0.2) is 41.8 Å². The van der Waals surface area contributed by atoms with Crippen molar-refractivity contribution in [2.75, 3.05) is 33.3 Å². The van der Waals surface area contributed by atoms with Gasteiger partial charge in [-0.05, 0) is 73.7 Å². The first-order valence-electron chi connectivity index (χ1n) is 11.6. The summed E-state index contributed by atoms with van der Waals surface area (Å²) in [5.41, 5.74) is 0.498. The van der Waals surface area contributed by atoms with Gasteiger partial charge in [-0.1, -0.05) is 6.07 Å². The minimum atomic E-state index is -0.586. The average Bonchev–Trinajstić information content (AvgIpc) is 3.42. The van der Waals surface area contributed by atoms with Gasteiger partial charge in [0, 0.05) is 31.7 Å². The van der Waals surface area contributed by atoms with E-state index >= 15 is 0 Å². The highest BCUT2D eigenvalue weighted by atomic mass is 32.1. The van der Waals surface area contributed by atoms with Crippen LogP contribution in [-0.2, 0) is 4.79 Å². The van der Waals surface area contributed by atoms with Crippen molar-refractivity contribution < 1.29 is 19.1 Å². The molecular weight excluding hydrogens is 438 g/mol. The van der Waals surface area contributed by atoms with Gasteiger partial charge in [0.15, 0.2) is 0 Å². The molecule has 2 aliphatic rings. The molecule has 0 saturated carbocycles. The Morgan fingerprint density at radius 3 is 2.27 bits per heavy atom. The number of piperidine rings is 2. The lowest BCUT2D eigenvalue weighted by Gasteiger charge is -2.38. The number of carbonyl (C=O) groups excluding carboxylic acids is 3. The molecule has 1 aromatic carbocycles. The summed E-state index contributed by atoms with van der Waals surface area (Å²) in [7, 11) is 1.58. The van der Waals surface area contributed by atoms with E-state index in [1.54, 1.807) is 31.4 Å². The lowest BCUT2D eigenvalue weighted by Crippen LogP contribution is -2.55. The predicted octanol–water partition coefficient (Wildman–Crippen LogP) is 3.42. The number of rotatable bonds is 6. The third kappa shape index (κ3) is 5.55. The molecule has 3 amide bonds. The number of hydrogen-bond donors (Lipinski definition) is 1. The van der Waals surface area contributed by atoms with Crippen LogP contribution in [0.3, 0.4) is 0 Å². The highest BCUT2D eigenvalue weighted by molar-refractivity contribution is 7.12. The smallest absolute Gasteiger partial charge is 0.263 e. The minimum Gasteiger partial charge on any atom is -0.497 e. The van der Waals surface area contributed by atoms with Gasteiger partial charge in [0.25, 0.3) is 11.8 Å². The van der Waals surface area contributed by atoms with Crippen molar-refractivity contribution in [1.29, 1.82) is 0 Å². The number of benzene rings is 1. The largest absolute Gasteiger partial charge is 0.497 e. The average molecular weight is 470 g/mol. The maximum Gasteiger partial charge on any atom is 0.263 e. The van der Waals surface area contributed by atoms with Crippen LogP contribution >= 0.6 is 11.3 Å². The fourth-order valence-electron chi connectivity index (χ4n) is 4.65. The van der Waals surface area contributed by atoms with Crippen molar-refractivity contribution in [2.24, 2.45) is 5.92 Å². The topological polar surface area (TPSA) is 79.0 Å². The maximum absolute atomic E-state index is 13.5. The van der Waals surface area contributed by atoms with E-state index < -0.39 is 6.04 Å². The second-order valence-electron chi connectivity index (χ2n) is 8.67. The molecule has 4 rings (SSSR count). The zero-order chi connectivity index (χ0) is 23.2. The van der Waals surface area contributed by atoms with Crippen LogP contribution in [0.4, 0.5) is 0 Å². The van der Waals surface area contributed by atoms with E-state index in [4.69, 9.17) is 4.74 Å². The van der Waals surface area contributed by atoms with E-state index in [-0.39, 0.29) is 23.6 Å². The number of carbonyl (C=O) groups is 3. The first kappa shape index (κ1) is 23.3. The summed E-state index contributed by atoms with van der Waals surface area (Å²) in [4.78, 5) is 43.7. The van der Waals surface area contributed by atoms with Crippen LogP contribution < -0.4 is 10.1 Å². The summed E-state index contributed by atoms with van der Waals surface area (Å²) < 4.78 is 5.17. The van der Waals surface area contributed by atoms with Gasteiger partial charge in [0.2, 0.25) is 5.91 Å². The lowest BCUT2D eigenvalue weighted by molar-refractivity contribution is -0.136. The van der Waals surface area contributed by atoms with Crippen LogP contribution in [0.1, 0.15) is 52.1 Å². The highest BCUT2D eigenvalue weighted by Crippen LogP contribution is 2.26. The zero-order valence-corrected chi connectivity index (χ0v) is 19.8. The summed E-state index contributed by atoms with van der Waals surface area (Å²) >= 11 is 1.45. The third-order valence-electron chi connectivity index (χ3n) is 6.60. The van der Waals surface area contributed by atoms with Gasteiger partial charge in [-0.3, -0.25) is 14.4 Å². The highest BCUT2D eigenvalue weighted by Gasteiger charge is 2.36. The van der Waals surface area contributed by atoms with Gasteiger partial charge in [-0.15, -0.1) is 11.3 Å². The number of amides is 3. The van der Waals surface area contributed by atoms with E-state index in [0.717, 1.165) is 37.2 Å². The Morgan fingerprint density at radius 2 is 1.67 bits per heavy atom. The molecule has 0 bridgehead atoms. The monoisotopic (exact) mass is 469 g/mol. The molecule has 176 valence electrons. The molecule has 1 aromatic heterocycles. The van der Waals surface area contributed by atoms with Crippen LogP contribution in [-0.4, -0.2) is 66.9 Å². The Hall–Kier alpha value is -2.87. The van der Waals surface area contributed by atoms with Gasteiger partial charge in [0.1, 0.15) is 11.8 Å². The summed E-state index contributed by atoms with van der Waals surface area (Å²) in [6.45, 7) is 2.65. The molecule has 1 N–H and O–H groups in total. The molecule has 2 aliphatic heterocycles. The van der Waals surface area contributed by atoms with Gasteiger partial charge >= 0.3 is 0 Å². The van der Waals surface area contributed by atoms with Crippen molar-refractivity contribution in [3.8, 4) is 5.75 Å². The summed E-state index contributed by atoms with van der Waals surface area (Å²) in [6, 6.07) is 10.0. The molecule has 8 heteroatoms. The number of nitrogens with zero attached hydrogens (tertiary/aromatic N) is 2. The van der Waals surface area contributed by atoms with Gasteiger partial charge in [-0.25, -0.2) is 0 Å². The zero-order valence-electron chi connectivity index (χ0n) is 19.0. The quantitative estimate of drug-likeness (QED) is 0.703. The number of hydrogen-bond acceptors (Lipinski definition) is 5. The molecule has 0 spiro atoms. The molecule has 0 unspecified atom stereocenters. The van der Waals surface area contributed by atoms with Gasteiger partial charge in [-0.2, -0.15) is 0 Å². The lowest BCUT2D eigenvalue weighted by atomic mass is 9.87. The third-order valence-corrected chi connectivity index (χ3v) is 7.46. The molecule has 0 aliphatic carbocycles. The molecule has 3 heterocycles. The SMILES string of the molecule is COc1ccc(C(=O)N[C@@H](C(=O)N2CCCCC2)C2CCN(C(=O)c3cccs3)CC2)cc1. The number of thiophene rings is 1. The maximum atomic E-state index is 13.5. The van der Waals surface area contributed by atoms with Crippen molar-refractivity contribution in [3.63, 3.8) is 0 Å². The molecule has 7 nitrogen and oxygen atoms in total. The van der Waals surface area contributed by atoms with Crippen molar-refractivity contribution in [2.45, 2.75) is 38.1 Å². The molecule has 2 saturated heterocycles. The molecule has 0 radical (unpaired) electrons. The Balaban J connectivity index is 1.46. The predicted molar refractivity (Wildman–Crippen MR) is 128 cm³/mol. The minimum absolute atomic E-state index is 0.000375. The fourth-order valence-corrected chi connectivity index (χ4v) is 5.34. The fraction of sp³-hybridized carbons (Fsp3) is 0.480. The van der Waals surface area contributed by atoms with E-state index in [0.29, 0.717) is 37.2 Å². The molecule has 33 heavy (non-hydrogen) atoms. The van der Waals surface area contributed by atoms with Crippen LogP contribution in [0.2, 0.25) is 0 Å². The van der Waals surface area contributed by atoms with Crippen LogP contribution in [0.25, 0.3) is 0 Å². The number of nitrogens with one attached hydrogen (secondary N) is 1. The normalized spacial score (nSPS) is 18.0. The van der Waals surface area contributed by atoms with E-state index in [2.05, 4.69) is 5.32 Å². The Morgan fingerprint density at radius 1 is 0.970 bits per heavy atom. The van der Waals surface area contributed by atoms with E-state index in [9.17, 15) is 14.4 Å². The first-order valence-corrected chi connectivity index (χ1v) is 12.5. The molecular formula is C25H31N3O4S. The molecule has 2 aromatic rings. The van der Waals surface area contributed by atoms with Crippen molar-refractivity contribution >= 4 is 29.1 Å². The van der Waals surface area contributed by atoms with Gasteiger partial charge < -0.3 is 19.9 Å². The second kappa shape index (κ2) is 10.8. The number of methoxy groups -OCH3 is 1. The summed E-state index contributed by atoms with van der Waals surface area (Å²) in [5, 5.41) is 4.94. The second-order valence-corrected chi connectivity index (χ2v) is 9.62. The summed E-state index contributed by atoms with van der Waals surface area (Å²) in [6.07, 6.45) is 4.50. The van der Waals surface area contributed by atoms with Crippen molar-refractivity contribution in [3.05, 3.63) is 52.2 Å². The summed E-state index contributed by atoms with van der Waals surface area (Å²) in [5.74, 6) is 0.457. The number of likely N-dealkylation sites (tertiary alicyclic amines) is 2.